The van der Waals surface area contributed by atoms with Gasteiger partial charge in [0.2, 0.25) is 0 Å². The standard InChI is InChI=1S/C13H11.Y/c1-3-7-12(8-4-1)11-13-9-5-2-6-10-13;/h1-5,7-10H,11H2;/q-1;. The molecule has 0 aliphatic rings. The summed E-state index contributed by atoms with van der Waals surface area (Å²) in [6, 6.07) is 21.7. The van der Waals surface area contributed by atoms with E-state index in [4.69, 9.17) is 0 Å². The Balaban J connectivity index is 0.000000980. The Morgan fingerprint density at radius 3 is 2.21 bits per heavy atom. The molecule has 0 nitrogen and oxygen atoms in total. The maximum absolute atomic E-state index is 3.08. The Morgan fingerprint density at radius 2 is 1.57 bits per heavy atom. The van der Waals surface area contributed by atoms with Crippen molar-refractivity contribution in [3.05, 3.63) is 71.8 Å². The predicted octanol–water partition coefficient (Wildman–Crippen LogP) is 3.08. The van der Waals surface area contributed by atoms with Gasteiger partial charge >= 0.3 is 0 Å². The molecule has 67 valence electrons. The summed E-state index contributed by atoms with van der Waals surface area (Å²) in [6.07, 6.45) is 0.998. The molecule has 2 aromatic carbocycles. The number of rotatable bonds is 2. The van der Waals surface area contributed by atoms with E-state index < -0.39 is 0 Å². The van der Waals surface area contributed by atoms with Crippen LogP contribution in [0.2, 0.25) is 0 Å². The Bertz CT molecular complexity index is 316. The molecular formula is C13H11Y-. The van der Waals surface area contributed by atoms with Crippen LogP contribution >= 0.6 is 0 Å². The Morgan fingerprint density at radius 1 is 0.857 bits per heavy atom. The van der Waals surface area contributed by atoms with E-state index in [0.717, 1.165) is 6.42 Å². The summed E-state index contributed by atoms with van der Waals surface area (Å²) in [5.74, 6) is 0. The average Bonchev–Trinajstić information content (AvgIpc) is 2.21. The largest absolute Gasteiger partial charge is 0.184 e. The van der Waals surface area contributed by atoms with Crippen molar-refractivity contribution in [1.82, 2.24) is 0 Å². The fraction of sp³-hybridized carbons (Fsp3) is 0.0769. The second kappa shape index (κ2) is 6.11. The summed E-state index contributed by atoms with van der Waals surface area (Å²) in [5.41, 5.74) is 2.66. The summed E-state index contributed by atoms with van der Waals surface area (Å²) in [4.78, 5) is 0. The van der Waals surface area contributed by atoms with Gasteiger partial charge in [-0.05, 0) is 6.42 Å². The van der Waals surface area contributed by atoms with E-state index in [2.05, 4.69) is 36.4 Å². The third kappa shape index (κ3) is 3.36. The molecule has 0 aliphatic carbocycles. The molecule has 2 rings (SSSR count). The molecule has 0 unspecified atom stereocenters. The number of hydrogen-bond acceptors (Lipinski definition) is 0. The second-order valence-electron chi connectivity index (χ2n) is 3.07. The van der Waals surface area contributed by atoms with Crippen molar-refractivity contribution in [1.29, 1.82) is 0 Å². The minimum Gasteiger partial charge on any atom is -0.184 e. The fourth-order valence-electron chi connectivity index (χ4n) is 1.37. The van der Waals surface area contributed by atoms with Crippen LogP contribution in [0, 0.1) is 6.07 Å². The number of hydrogen-bond donors (Lipinski definition) is 0. The van der Waals surface area contributed by atoms with Crippen molar-refractivity contribution in [2.75, 3.05) is 0 Å². The van der Waals surface area contributed by atoms with Gasteiger partial charge in [0.05, 0.1) is 0 Å². The van der Waals surface area contributed by atoms with Crippen LogP contribution in [0.5, 0.6) is 0 Å². The molecule has 0 saturated carbocycles. The van der Waals surface area contributed by atoms with Crippen molar-refractivity contribution in [2.24, 2.45) is 0 Å². The molecule has 1 heteroatoms. The van der Waals surface area contributed by atoms with Crippen LogP contribution in [-0.4, -0.2) is 0 Å². The molecule has 2 aromatic rings. The van der Waals surface area contributed by atoms with Crippen molar-refractivity contribution < 1.29 is 32.7 Å². The average molecular weight is 256 g/mol. The third-order valence-electron chi connectivity index (χ3n) is 2.02. The molecule has 0 aromatic heterocycles. The Labute approximate surface area is 110 Å². The van der Waals surface area contributed by atoms with Gasteiger partial charge in [-0.25, -0.2) is 0 Å². The maximum atomic E-state index is 3.08. The van der Waals surface area contributed by atoms with Crippen LogP contribution in [-0.2, 0) is 39.1 Å². The minimum atomic E-state index is 0. The molecule has 0 heterocycles. The molecule has 14 heavy (non-hydrogen) atoms. The zero-order chi connectivity index (χ0) is 8.93. The topological polar surface area (TPSA) is 0 Å². The van der Waals surface area contributed by atoms with Gasteiger partial charge < -0.3 is 0 Å². The molecule has 0 bridgehead atoms. The van der Waals surface area contributed by atoms with Crippen LogP contribution in [0.3, 0.4) is 0 Å². The van der Waals surface area contributed by atoms with E-state index >= 15 is 0 Å². The molecule has 0 atom stereocenters. The summed E-state index contributed by atoms with van der Waals surface area (Å²) >= 11 is 0. The van der Waals surface area contributed by atoms with Gasteiger partial charge in [0.25, 0.3) is 0 Å². The first-order valence-electron chi connectivity index (χ1n) is 4.44. The summed E-state index contributed by atoms with van der Waals surface area (Å²) < 4.78 is 0. The molecule has 0 spiro atoms. The molecule has 0 fully saturated rings. The van der Waals surface area contributed by atoms with Gasteiger partial charge in [-0.15, -0.1) is 0 Å². The van der Waals surface area contributed by atoms with Crippen molar-refractivity contribution in [3.8, 4) is 0 Å². The van der Waals surface area contributed by atoms with Crippen molar-refractivity contribution in [3.63, 3.8) is 0 Å². The van der Waals surface area contributed by atoms with Gasteiger partial charge in [-0.1, -0.05) is 35.9 Å². The molecule has 0 amide bonds. The monoisotopic (exact) mass is 256 g/mol. The van der Waals surface area contributed by atoms with Crippen LogP contribution < -0.4 is 0 Å². The van der Waals surface area contributed by atoms with Crippen molar-refractivity contribution in [2.45, 2.75) is 6.42 Å². The molecule has 0 N–H and O–H groups in total. The van der Waals surface area contributed by atoms with Crippen LogP contribution in [0.1, 0.15) is 11.1 Å². The van der Waals surface area contributed by atoms with E-state index in [9.17, 15) is 0 Å². The smallest absolute Gasteiger partial charge is 0 e. The fourth-order valence-corrected chi connectivity index (χ4v) is 1.37. The summed E-state index contributed by atoms with van der Waals surface area (Å²) in [7, 11) is 0. The van der Waals surface area contributed by atoms with Crippen LogP contribution in [0.15, 0.2) is 54.6 Å². The quantitative estimate of drug-likeness (QED) is 0.724. The summed E-state index contributed by atoms with van der Waals surface area (Å²) in [5, 5.41) is 0. The third-order valence-corrected chi connectivity index (χ3v) is 2.02. The SMILES string of the molecule is [Y].[c-]1cccc(Cc2ccccc2)c1. The van der Waals surface area contributed by atoms with Gasteiger partial charge in [0.1, 0.15) is 0 Å². The van der Waals surface area contributed by atoms with Crippen molar-refractivity contribution >= 4 is 0 Å². The van der Waals surface area contributed by atoms with Crippen LogP contribution in [0.4, 0.5) is 0 Å². The predicted molar refractivity (Wildman–Crippen MR) is 54.5 cm³/mol. The zero-order valence-corrected chi connectivity index (χ0v) is 10.8. The van der Waals surface area contributed by atoms with Gasteiger partial charge in [-0.2, -0.15) is 35.9 Å². The Hall–Kier alpha value is -0.456. The van der Waals surface area contributed by atoms with E-state index in [0.29, 0.717) is 0 Å². The first kappa shape index (κ1) is 11.6. The maximum Gasteiger partial charge on any atom is 0 e. The molecule has 0 saturated heterocycles. The van der Waals surface area contributed by atoms with E-state index in [1.165, 1.54) is 11.1 Å². The van der Waals surface area contributed by atoms with Gasteiger partial charge in [0, 0.05) is 32.7 Å². The minimum absolute atomic E-state index is 0. The van der Waals surface area contributed by atoms with Gasteiger partial charge in [-0.3, -0.25) is 0 Å². The first-order valence-corrected chi connectivity index (χ1v) is 4.44. The molecule has 1 radical (unpaired) electrons. The Kier molecular flexibility index (Phi) is 5.07. The first-order chi connectivity index (χ1) is 6.45. The van der Waals surface area contributed by atoms with E-state index in [1.54, 1.807) is 0 Å². The molecular weight excluding hydrogens is 245 g/mol. The van der Waals surface area contributed by atoms with E-state index in [1.807, 2.05) is 24.3 Å². The van der Waals surface area contributed by atoms with Crippen LogP contribution in [0.25, 0.3) is 0 Å². The van der Waals surface area contributed by atoms with E-state index in [-0.39, 0.29) is 32.7 Å². The van der Waals surface area contributed by atoms with Gasteiger partial charge in [0.15, 0.2) is 0 Å². The molecule has 0 aliphatic heterocycles. The zero-order valence-electron chi connectivity index (χ0n) is 7.98. The normalized spacial score (nSPS) is 9.14. The second-order valence-corrected chi connectivity index (χ2v) is 3.07. The number of benzene rings is 2. The summed E-state index contributed by atoms with van der Waals surface area (Å²) in [6.45, 7) is 0.